The Balaban J connectivity index is 2.46. The van der Waals surface area contributed by atoms with Crippen molar-refractivity contribution in [3.63, 3.8) is 0 Å². The van der Waals surface area contributed by atoms with Crippen LogP contribution in [-0.2, 0) is 11.3 Å². The Morgan fingerprint density at radius 2 is 1.76 bits per heavy atom. The van der Waals surface area contributed by atoms with Crippen LogP contribution in [0.25, 0.3) is 0 Å². The molecule has 1 aromatic carbocycles. The van der Waals surface area contributed by atoms with E-state index in [0.717, 1.165) is 47.4 Å². The van der Waals surface area contributed by atoms with Gasteiger partial charge >= 0.3 is 0 Å². The van der Waals surface area contributed by atoms with Crippen molar-refractivity contribution in [3.05, 3.63) is 26.6 Å². The molecule has 0 aromatic heterocycles. The molecule has 0 amide bonds. The van der Waals surface area contributed by atoms with Gasteiger partial charge in [0, 0.05) is 20.2 Å². The lowest BCUT2D eigenvalue weighted by Gasteiger charge is -2.13. The average Bonchev–Trinajstić information content (AvgIpc) is 2.46. The Labute approximate surface area is 145 Å². The number of ether oxygens (including phenoxy) is 2. The van der Waals surface area contributed by atoms with Crippen molar-refractivity contribution in [2.45, 2.75) is 39.2 Å². The lowest BCUT2D eigenvalue weighted by molar-refractivity contribution is 0.199. The van der Waals surface area contributed by atoms with Crippen LogP contribution in [0, 0.1) is 0 Å². The number of unbranched alkanes of at least 4 members (excludes halogenated alkanes) is 3. The first-order chi connectivity index (χ1) is 10.2. The van der Waals surface area contributed by atoms with Gasteiger partial charge in [-0.2, -0.15) is 0 Å². The van der Waals surface area contributed by atoms with Crippen LogP contribution in [0.1, 0.15) is 38.2 Å². The summed E-state index contributed by atoms with van der Waals surface area (Å²) in [4.78, 5) is 0. The van der Waals surface area contributed by atoms with Crippen molar-refractivity contribution >= 4 is 31.9 Å². The fourth-order valence-corrected chi connectivity index (χ4v) is 3.47. The summed E-state index contributed by atoms with van der Waals surface area (Å²) in [6, 6.07) is 4.21. The van der Waals surface area contributed by atoms with Crippen LogP contribution in [-0.4, -0.2) is 26.9 Å². The molecule has 0 bridgehead atoms. The molecular formula is C16H25Br2NO2. The molecule has 0 atom stereocenters. The van der Waals surface area contributed by atoms with Gasteiger partial charge in [-0.15, -0.1) is 0 Å². The molecule has 21 heavy (non-hydrogen) atoms. The topological polar surface area (TPSA) is 30.5 Å². The Kier molecular flexibility index (Phi) is 10.3. The smallest absolute Gasteiger partial charge is 0.147 e. The minimum atomic E-state index is 0.724. The second-order valence-corrected chi connectivity index (χ2v) is 6.68. The van der Waals surface area contributed by atoms with Crippen LogP contribution >= 0.6 is 31.9 Å². The molecular weight excluding hydrogens is 398 g/mol. The SMILES string of the molecule is CCCCCCOc1c(Br)cc(CNCCOC)cc1Br. The molecule has 0 aliphatic carbocycles. The maximum Gasteiger partial charge on any atom is 0.147 e. The fourth-order valence-electron chi connectivity index (χ4n) is 1.96. The van der Waals surface area contributed by atoms with E-state index in [1.54, 1.807) is 7.11 Å². The molecule has 0 radical (unpaired) electrons. The van der Waals surface area contributed by atoms with Crippen molar-refractivity contribution in [2.75, 3.05) is 26.9 Å². The monoisotopic (exact) mass is 421 g/mol. The van der Waals surface area contributed by atoms with Gasteiger partial charge in [0.25, 0.3) is 0 Å². The van der Waals surface area contributed by atoms with Crippen LogP contribution in [0.2, 0.25) is 0 Å². The van der Waals surface area contributed by atoms with E-state index in [1.807, 2.05) is 0 Å². The number of benzene rings is 1. The normalized spacial score (nSPS) is 10.9. The molecule has 0 unspecified atom stereocenters. The number of hydrogen-bond donors (Lipinski definition) is 1. The van der Waals surface area contributed by atoms with Crippen LogP contribution in [0.15, 0.2) is 21.1 Å². The number of halogens is 2. The maximum absolute atomic E-state index is 5.88. The van der Waals surface area contributed by atoms with E-state index in [4.69, 9.17) is 9.47 Å². The predicted molar refractivity (Wildman–Crippen MR) is 95.1 cm³/mol. The molecule has 0 saturated heterocycles. The average molecular weight is 423 g/mol. The van der Waals surface area contributed by atoms with Gasteiger partial charge in [0.1, 0.15) is 5.75 Å². The van der Waals surface area contributed by atoms with Crippen molar-refractivity contribution in [3.8, 4) is 5.75 Å². The lowest BCUT2D eigenvalue weighted by atomic mass is 10.2. The largest absolute Gasteiger partial charge is 0.491 e. The minimum Gasteiger partial charge on any atom is -0.491 e. The Bertz CT molecular complexity index is 390. The van der Waals surface area contributed by atoms with Crippen LogP contribution in [0.3, 0.4) is 0 Å². The molecule has 1 rings (SSSR count). The summed E-state index contributed by atoms with van der Waals surface area (Å²) in [5.41, 5.74) is 1.21. The number of nitrogens with one attached hydrogen (secondary N) is 1. The first kappa shape index (κ1) is 18.9. The van der Waals surface area contributed by atoms with Gasteiger partial charge in [0.05, 0.1) is 22.2 Å². The van der Waals surface area contributed by atoms with E-state index in [0.29, 0.717) is 0 Å². The van der Waals surface area contributed by atoms with Gasteiger partial charge in [-0.05, 0) is 56.0 Å². The number of rotatable bonds is 11. The molecule has 0 spiro atoms. The summed E-state index contributed by atoms with van der Waals surface area (Å²) in [5.74, 6) is 0.895. The van der Waals surface area contributed by atoms with Crippen LogP contribution in [0.4, 0.5) is 0 Å². The first-order valence-corrected chi connectivity index (χ1v) is 9.08. The molecule has 0 saturated carbocycles. The lowest BCUT2D eigenvalue weighted by Crippen LogP contribution is -2.18. The van der Waals surface area contributed by atoms with Crippen LogP contribution < -0.4 is 10.1 Å². The Morgan fingerprint density at radius 1 is 1.05 bits per heavy atom. The predicted octanol–water partition coefficient (Wildman–Crippen LogP) is 4.91. The maximum atomic E-state index is 5.88. The second kappa shape index (κ2) is 11.5. The van der Waals surface area contributed by atoms with Gasteiger partial charge in [0.15, 0.2) is 0 Å². The highest BCUT2D eigenvalue weighted by atomic mass is 79.9. The molecule has 120 valence electrons. The zero-order valence-electron chi connectivity index (χ0n) is 12.9. The van der Waals surface area contributed by atoms with Crippen LogP contribution in [0.5, 0.6) is 5.75 Å². The summed E-state index contributed by atoms with van der Waals surface area (Å²) in [7, 11) is 1.71. The standard InChI is InChI=1S/C16H25Br2NO2/c1-3-4-5-6-8-21-16-14(17)10-13(11-15(16)18)12-19-7-9-20-2/h10-11,19H,3-9,12H2,1-2H3. The van der Waals surface area contributed by atoms with E-state index < -0.39 is 0 Å². The molecule has 5 heteroatoms. The van der Waals surface area contributed by atoms with Crippen molar-refractivity contribution in [1.82, 2.24) is 5.32 Å². The summed E-state index contributed by atoms with van der Waals surface area (Å²) in [6.45, 7) is 5.37. The zero-order chi connectivity index (χ0) is 15.5. The number of methoxy groups -OCH3 is 1. The Hall–Kier alpha value is -0.100. The quantitative estimate of drug-likeness (QED) is 0.514. The Morgan fingerprint density at radius 3 is 2.38 bits per heavy atom. The van der Waals surface area contributed by atoms with E-state index in [-0.39, 0.29) is 0 Å². The van der Waals surface area contributed by atoms with E-state index in [1.165, 1.54) is 24.8 Å². The van der Waals surface area contributed by atoms with Crippen molar-refractivity contribution in [2.24, 2.45) is 0 Å². The fraction of sp³-hybridized carbons (Fsp3) is 0.625. The summed E-state index contributed by atoms with van der Waals surface area (Å²) < 4.78 is 12.9. The molecule has 0 fully saturated rings. The minimum absolute atomic E-state index is 0.724. The third-order valence-electron chi connectivity index (χ3n) is 3.11. The summed E-state index contributed by atoms with van der Waals surface area (Å²) in [6.07, 6.45) is 4.86. The first-order valence-electron chi connectivity index (χ1n) is 7.49. The van der Waals surface area contributed by atoms with Gasteiger partial charge in [-0.25, -0.2) is 0 Å². The van der Waals surface area contributed by atoms with E-state index in [2.05, 4.69) is 56.2 Å². The molecule has 0 heterocycles. The van der Waals surface area contributed by atoms with Gasteiger partial charge < -0.3 is 14.8 Å². The molecule has 1 aromatic rings. The molecule has 3 nitrogen and oxygen atoms in total. The molecule has 0 aliphatic rings. The summed E-state index contributed by atoms with van der Waals surface area (Å²) in [5, 5.41) is 3.34. The van der Waals surface area contributed by atoms with Gasteiger partial charge in [-0.1, -0.05) is 26.2 Å². The molecule has 1 N–H and O–H groups in total. The van der Waals surface area contributed by atoms with Gasteiger partial charge in [0.2, 0.25) is 0 Å². The third kappa shape index (κ3) is 7.63. The van der Waals surface area contributed by atoms with Gasteiger partial charge in [-0.3, -0.25) is 0 Å². The second-order valence-electron chi connectivity index (χ2n) is 4.97. The number of hydrogen-bond acceptors (Lipinski definition) is 3. The summed E-state index contributed by atoms with van der Waals surface area (Å²) >= 11 is 7.19. The van der Waals surface area contributed by atoms with E-state index >= 15 is 0 Å². The van der Waals surface area contributed by atoms with E-state index in [9.17, 15) is 0 Å². The highest BCUT2D eigenvalue weighted by molar-refractivity contribution is 9.11. The van der Waals surface area contributed by atoms with Crippen molar-refractivity contribution in [1.29, 1.82) is 0 Å². The highest BCUT2D eigenvalue weighted by Crippen LogP contribution is 2.35. The highest BCUT2D eigenvalue weighted by Gasteiger charge is 2.09. The third-order valence-corrected chi connectivity index (χ3v) is 4.29. The zero-order valence-corrected chi connectivity index (χ0v) is 16.1. The van der Waals surface area contributed by atoms with Crippen molar-refractivity contribution < 1.29 is 9.47 Å². The molecule has 0 aliphatic heterocycles.